The van der Waals surface area contributed by atoms with Crippen LogP contribution in [0.1, 0.15) is 55.1 Å². The molecule has 0 saturated carbocycles. The van der Waals surface area contributed by atoms with Crippen LogP contribution in [0.2, 0.25) is 0 Å². The molecule has 0 aromatic heterocycles. The van der Waals surface area contributed by atoms with Gasteiger partial charge < -0.3 is 9.64 Å². The fourth-order valence-electron chi connectivity index (χ4n) is 3.97. The van der Waals surface area contributed by atoms with Crippen molar-refractivity contribution < 1.29 is 27.5 Å². The van der Waals surface area contributed by atoms with Gasteiger partial charge in [0.1, 0.15) is 12.0 Å². The van der Waals surface area contributed by atoms with E-state index in [-0.39, 0.29) is 22.8 Å². The van der Waals surface area contributed by atoms with Crippen molar-refractivity contribution in [1.82, 2.24) is 0 Å². The zero-order valence-electron chi connectivity index (χ0n) is 17.4. The molecular formula is C23H24F3NO3. The normalized spacial score (nSPS) is 15.7. The van der Waals surface area contributed by atoms with Gasteiger partial charge in [-0.3, -0.25) is 9.59 Å². The molecule has 0 spiro atoms. The number of carbonyl (C=O) groups excluding carboxylic acids is 2. The van der Waals surface area contributed by atoms with Crippen LogP contribution in [0, 0.1) is 6.92 Å². The summed E-state index contributed by atoms with van der Waals surface area (Å²) in [7, 11) is 0. The third kappa shape index (κ3) is 4.20. The van der Waals surface area contributed by atoms with Gasteiger partial charge in [-0.05, 0) is 54.3 Å². The van der Waals surface area contributed by atoms with Crippen LogP contribution < -0.4 is 9.64 Å². The first-order valence-electron chi connectivity index (χ1n) is 9.77. The maximum absolute atomic E-state index is 13.0. The van der Waals surface area contributed by atoms with Crippen molar-refractivity contribution in [3.8, 4) is 16.9 Å². The molecule has 3 rings (SSSR count). The van der Waals surface area contributed by atoms with E-state index in [1.54, 1.807) is 17.9 Å². The van der Waals surface area contributed by atoms with Crippen molar-refractivity contribution in [3.63, 3.8) is 0 Å². The lowest BCUT2D eigenvalue weighted by Gasteiger charge is -2.39. The van der Waals surface area contributed by atoms with Crippen LogP contribution >= 0.6 is 0 Å². The molecule has 2 aromatic carbocycles. The number of carbonyl (C=O) groups is 2. The molecule has 0 N–H and O–H groups in total. The molecule has 1 amide bonds. The van der Waals surface area contributed by atoms with Crippen molar-refractivity contribution in [2.75, 3.05) is 11.4 Å². The number of rotatable bonds is 5. The van der Waals surface area contributed by atoms with E-state index in [9.17, 15) is 22.8 Å². The number of fused-ring (bicyclic) bond motifs is 1. The van der Waals surface area contributed by atoms with Gasteiger partial charge in [-0.1, -0.05) is 26.8 Å². The van der Waals surface area contributed by atoms with Gasteiger partial charge in [0.05, 0.1) is 0 Å². The molecule has 1 aliphatic rings. The Morgan fingerprint density at radius 1 is 1.17 bits per heavy atom. The molecule has 30 heavy (non-hydrogen) atoms. The van der Waals surface area contributed by atoms with E-state index in [1.807, 2.05) is 26.8 Å². The van der Waals surface area contributed by atoms with E-state index >= 15 is 0 Å². The van der Waals surface area contributed by atoms with Crippen LogP contribution in [0.4, 0.5) is 18.9 Å². The monoisotopic (exact) mass is 419 g/mol. The Morgan fingerprint density at radius 2 is 1.87 bits per heavy atom. The third-order valence-corrected chi connectivity index (χ3v) is 5.36. The smallest absolute Gasteiger partial charge is 0.405 e. The largest absolute Gasteiger partial charge is 0.573 e. The topological polar surface area (TPSA) is 46.6 Å². The molecule has 160 valence electrons. The second kappa shape index (κ2) is 7.78. The van der Waals surface area contributed by atoms with Crippen molar-refractivity contribution in [3.05, 3.63) is 47.0 Å². The second-order valence-corrected chi connectivity index (χ2v) is 8.21. The lowest BCUT2D eigenvalue weighted by molar-refractivity contribution is -0.274. The summed E-state index contributed by atoms with van der Waals surface area (Å²) in [5, 5.41) is 0. The number of alkyl halides is 3. The summed E-state index contributed by atoms with van der Waals surface area (Å²) in [6, 6.07) is 7.46. The van der Waals surface area contributed by atoms with Gasteiger partial charge in [-0.2, -0.15) is 0 Å². The minimum atomic E-state index is -4.87. The third-order valence-electron chi connectivity index (χ3n) is 5.36. The molecule has 4 nitrogen and oxygen atoms in total. The Balaban J connectivity index is 2.26. The highest BCUT2D eigenvalue weighted by atomic mass is 19.4. The van der Waals surface area contributed by atoms with Crippen LogP contribution in [0.3, 0.4) is 0 Å². The predicted molar refractivity (Wildman–Crippen MR) is 109 cm³/mol. The molecule has 0 radical (unpaired) electrons. The van der Waals surface area contributed by atoms with Gasteiger partial charge in [0.25, 0.3) is 0 Å². The van der Waals surface area contributed by atoms with Crippen molar-refractivity contribution in [2.24, 2.45) is 0 Å². The lowest BCUT2D eigenvalue weighted by Crippen LogP contribution is -2.42. The fourth-order valence-corrected chi connectivity index (χ4v) is 3.97. The Hall–Kier alpha value is -2.83. The summed E-state index contributed by atoms with van der Waals surface area (Å²) in [6.07, 6.45) is -3.18. The number of ether oxygens (including phenoxy) is 1. The Kier molecular flexibility index (Phi) is 5.67. The number of hydrogen-bond donors (Lipinski definition) is 0. The van der Waals surface area contributed by atoms with Gasteiger partial charge in [-0.15, -0.1) is 13.2 Å². The Bertz CT molecular complexity index is 996. The van der Waals surface area contributed by atoms with Gasteiger partial charge in [-0.25, -0.2) is 0 Å². The number of aldehydes is 1. The van der Waals surface area contributed by atoms with Gasteiger partial charge in [0, 0.05) is 35.2 Å². The first-order chi connectivity index (χ1) is 14.0. The molecule has 0 atom stereocenters. The van der Waals surface area contributed by atoms with E-state index in [1.165, 1.54) is 12.1 Å². The Labute approximate surface area is 173 Å². The molecule has 1 heterocycles. The van der Waals surface area contributed by atoms with E-state index in [2.05, 4.69) is 4.74 Å². The molecule has 0 aliphatic carbocycles. The number of nitrogens with zero attached hydrogens (tertiary/aromatic N) is 1. The summed E-state index contributed by atoms with van der Waals surface area (Å²) in [6.45, 7) is 8.25. The number of benzene rings is 2. The van der Waals surface area contributed by atoms with Crippen LogP contribution in [0.15, 0.2) is 30.3 Å². The summed E-state index contributed by atoms with van der Waals surface area (Å²) < 4.78 is 43.1. The minimum absolute atomic E-state index is 0.0161. The number of amides is 1. The van der Waals surface area contributed by atoms with Gasteiger partial charge >= 0.3 is 6.36 Å². The molecule has 0 bridgehead atoms. The zero-order valence-corrected chi connectivity index (χ0v) is 17.4. The van der Waals surface area contributed by atoms with Crippen molar-refractivity contribution >= 4 is 17.9 Å². The molecule has 0 fully saturated rings. The number of anilines is 1. The first kappa shape index (κ1) is 21.9. The molecule has 2 aromatic rings. The second-order valence-electron chi connectivity index (χ2n) is 8.21. The number of hydrogen-bond acceptors (Lipinski definition) is 3. The summed E-state index contributed by atoms with van der Waals surface area (Å²) in [4.78, 5) is 25.7. The molecule has 0 saturated heterocycles. The standard InChI is InChI=1S/C23H24F3NO3/c1-5-8-27-19-11-16(14(2)9-18(19)22(3,4)12-21(27)29)17-10-15(13-28)6-7-20(17)30-23(24,25)26/h6-7,9-11,13H,5,8,12H2,1-4H3. The molecular weight excluding hydrogens is 395 g/mol. The zero-order chi connectivity index (χ0) is 22.3. The molecule has 7 heteroatoms. The van der Waals surface area contributed by atoms with Crippen LogP contribution in [-0.2, 0) is 10.2 Å². The average molecular weight is 419 g/mol. The quantitative estimate of drug-likeness (QED) is 0.576. The highest BCUT2D eigenvalue weighted by molar-refractivity contribution is 5.99. The number of halogens is 3. The maximum atomic E-state index is 13.0. The highest BCUT2D eigenvalue weighted by Crippen LogP contribution is 2.45. The van der Waals surface area contributed by atoms with Crippen molar-refractivity contribution in [2.45, 2.75) is 52.3 Å². The first-order valence-corrected chi connectivity index (χ1v) is 9.77. The fraction of sp³-hybridized carbons (Fsp3) is 0.391. The van der Waals surface area contributed by atoms with E-state index in [0.29, 0.717) is 30.5 Å². The summed E-state index contributed by atoms with van der Waals surface area (Å²) in [5.41, 5.74) is 2.89. The van der Waals surface area contributed by atoms with E-state index in [0.717, 1.165) is 23.6 Å². The van der Waals surface area contributed by atoms with Crippen LogP contribution in [-0.4, -0.2) is 25.1 Å². The minimum Gasteiger partial charge on any atom is -0.405 e. The van der Waals surface area contributed by atoms with Crippen molar-refractivity contribution in [1.29, 1.82) is 0 Å². The van der Waals surface area contributed by atoms with Gasteiger partial charge in [0.2, 0.25) is 5.91 Å². The summed E-state index contributed by atoms with van der Waals surface area (Å²) >= 11 is 0. The number of aryl methyl sites for hydroxylation is 1. The van der Waals surface area contributed by atoms with Crippen LogP contribution in [0.5, 0.6) is 5.75 Å². The molecule has 1 aliphatic heterocycles. The van der Waals surface area contributed by atoms with E-state index < -0.39 is 11.8 Å². The SMILES string of the molecule is CCCN1C(=O)CC(C)(C)c2cc(C)c(-c3cc(C=O)ccc3OC(F)(F)F)cc21. The van der Waals surface area contributed by atoms with E-state index in [4.69, 9.17) is 0 Å². The van der Waals surface area contributed by atoms with Gasteiger partial charge in [0.15, 0.2) is 0 Å². The van der Waals surface area contributed by atoms with Crippen LogP contribution in [0.25, 0.3) is 11.1 Å². The lowest BCUT2D eigenvalue weighted by atomic mass is 9.75. The molecule has 0 unspecified atom stereocenters. The highest BCUT2D eigenvalue weighted by Gasteiger charge is 2.37. The Morgan fingerprint density at radius 3 is 2.47 bits per heavy atom. The summed E-state index contributed by atoms with van der Waals surface area (Å²) in [5.74, 6) is -0.405. The average Bonchev–Trinajstić information content (AvgIpc) is 2.64. The predicted octanol–water partition coefficient (Wildman–Crippen LogP) is 5.80. The maximum Gasteiger partial charge on any atom is 0.573 e.